The minimum absolute atomic E-state index is 0.0969. The van der Waals surface area contributed by atoms with Gasteiger partial charge >= 0.3 is 0 Å². The number of hydrogen-bond donors (Lipinski definition) is 1. The molecule has 2 aliphatic heterocycles. The topological polar surface area (TPSA) is 40.5 Å². The molecule has 0 spiro atoms. The Morgan fingerprint density at radius 3 is 2.54 bits per heavy atom. The van der Waals surface area contributed by atoms with Crippen molar-refractivity contribution < 1.29 is 9.90 Å². The standard InChI is InChI=1S/C20H18ClNO2/c1-20(2)14-10-13(21)8-9-15(14)22-17(20)11-16(23)18(19(22)24)12-6-4-3-5-7-12/h3-11,17-18,23H,1-2H3. The Hall–Kier alpha value is -2.26. The highest BCUT2D eigenvalue weighted by Gasteiger charge is 2.51. The third-order valence-electron chi connectivity index (χ3n) is 5.17. The van der Waals surface area contributed by atoms with E-state index in [1.165, 1.54) is 0 Å². The Kier molecular flexibility index (Phi) is 3.26. The van der Waals surface area contributed by atoms with E-state index in [0.717, 1.165) is 16.8 Å². The zero-order chi connectivity index (χ0) is 17.1. The molecule has 0 fully saturated rings. The summed E-state index contributed by atoms with van der Waals surface area (Å²) in [6.07, 6.45) is 1.81. The predicted molar refractivity (Wildman–Crippen MR) is 95.6 cm³/mol. The Bertz CT molecular complexity index is 857. The van der Waals surface area contributed by atoms with Crippen molar-refractivity contribution in [1.29, 1.82) is 0 Å². The van der Waals surface area contributed by atoms with Crippen LogP contribution >= 0.6 is 11.6 Å². The molecule has 0 aromatic heterocycles. The van der Waals surface area contributed by atoms with Gasteiger partial charge in [-0.2, -0.15) is 0 Å². The fourth-order valence-electron chi connectivity index (χ4n) is 3.89. The summed E-state index contributed by atoms with van der Waals surface area (Å²) < 4.78 is 0. The van der Waals surface area contributed by atoms with Crippen LogP contribution in [0.4, 0.5) is 5.69 Å². The predicted octanol–water partition coefficient (Wildman–Crippen LogP) is 4.57. The molecule has 0 saturated carbocycles. The highest BCUT2D eigenvalue weighted by atomic mass is 35.5. The largest absolute Gasteiger partial charge is 0.511 e. The molecule has 2 aromatic rings. The van der Waals surface area contributed by atoms with Gasteiger partial charge in [-0.05, 0) is 35.4 Å². The van der Waals surface area contributed by atoms with E-state index in [4.69, 9.17) is 11.6 Å². The minimum atomic E-state index is -0.653. The van der Waals surface area contributed by atoms with Crippen LogP contribution in [0.25, 0.3) is 0 Å². The first kappa shape index (κ1) is 15.3. The number of aliphatic hydroxyl groups is 1. The first-order valence-corrected chi connectivity index (χ1v) is 8.38. The lowest BCUT2D eigenvalue weighted by atomic mass is 9.78. The summed E-state index contributed by atoms with van der Waals surface area (Å²) in [5, 5.41) is 11.2. The highest BCUT2D eigenvalue weighted by Crippen LogP contribution is 2.50. The van der Waals surface area contributed by atoms with Gasteiger partial charge in [-0.3, -0.25) is 4.79 Å². The molecule has 1 amide bonds. The molecule has 2 heterocycles. The van der Waals surface area contributed by atoms with Gasteiger partial charge < -0.3 is 10.0 Å². The van der Waals surface area contributed by atoms with Gasteiger partial charge in [0.15, 0.2) is 0 Å². The van der Waals surface area contributed by atoms with Crippen LogP contribution in [-0.2, 0) is 10.2 Å². The van der Waals surface area contributed by atoms with Crippen LogP contribution < -0.4 is 4.90 Å². The number of halogens is 1. The molecule has 0 bridgehead atoms. The maximum atomic E-state index is 13.2. The molecule has 2 aromatic carbocycles. The Balaban J connectivity index is 1.89. The molecule has 0 aliphatic carbocycles. The number of amides is 1. The molecule has 2 atom stereocenters. The number of hydrogen-bond acceptors (Lipinski definition) is 2. The van der Waals surface area contributed by atoms with Gasteiger partial charge in [-0.1, -0.05) is 55.8 Å². The fourth-order valence-corrected chi connectivity index (χ4v) is 4.06. The van der Waals surface area contributed by atoms with E-state index < -0.39 is 5.92 Å². The first-order valence-electron chi connectivity index (χ1n) is 8.00. The van der Waals surface area contributed by atoms with E-state index in [0.29, 0.717) is 5.02 Å². The zero-order valence-electron chi connectivity index (χ0n) is 13.5. The van der Waals surface area contributed by atoms with Gasteiger partial charge in [0.25, 0.3) is 0 Å². The quantitative estimate of drug-likeness (QED) is 0.826. The Morgan fingerprint density at radius 2 is 1.83 bits per heavy atom. The average molecular weight is 340 g/mol. The van der Waals surface area contributed by atoms with Crippen LogP contribution in [-0.4, -0.2) is 17.1 Å². The Labute approximate surface area is 146 Å². The summed E-state index contributed by atoms with van der Waals surface area (Å²) in [6, 6.07) is 14.8. The molecule has 4 heteroatoms. The third kappa shape index (κ3) is 2.01. The zero-order valence-corrected chi connectivity index (χ0v) is 14.3. The SMILES string of the molecule is CC1(C)c2cc(Cl)ccc2N2C(=O)C(c3ccccc3)C(O)=CC21. The van der Waals surface area contributed by atoms with Crippen LogP contribution in [0.15, 0.2) is 60.4 Å². The van der Waals surface area contributed by atoms with Crippen molar-refractivity contribution in [3.8, 4) is 0 Å². The number of carbonyl (C=O) groups is 1. The third-order valence-corrected chi connectivity index (χ3v) is 5.41. The molecule has 4 rings (SSSR count). The molecular weight excluding hydrogens is 322 g/mol. The van der Waals surface area contributed by atoms with Gasteiger partial charge in [0.05, 0.1) is 6.04 Å². The summed E-state index contributed by atoms with van der Waals surface area (Å²) in [5.74, 6) is -0.625. The van der Waals surface area contributed by atoms with Gasteiger partial charge in [-0.15, -0.1) is 0 Å². The fraction of sp³-hybridized carbons (Fsp3) is 0.250. The van der Waals surface area contributed by atoms with E-state index in [1.54, 1.807) is 0 Å². The number of rotatable bonds is 1. The van der Waals surface area contributed by atoms with Gasteiger partial charge in [0.2, 0.25) is 5.91 Å². The lowest BCUT2D eigenvalue weighted by Crippen LogP contribution is -2.49. The van der Waals surface area contributed by atoms with Gasteiger partial charge in [0, 0.05) is 16.1 Å². The van der Waals surface area contributed by atoms with Gasteiger partial charge in [0.1, 0.15) is 11.7 Å². The van der Waals surface area contributed by atoms with Crippen LogP contribution in [0, 0.1) is 0 Å². The van der Waals surface area contributed by atoms with Crippen molar-refractivity contribution in [2.24, 2.45) is 0 Å². The van der Waals surface area contributed by atoms with Crippen molar-refractivity contribution >= 4 is 23.2 Å². The van der Waals surface area contributed by atoms with E-state index in [9.17, 15) is 9.90 Å². The summed E-state index contributed by atoms with van der Waals surface area (Å²) >= 11 is 6.17. The summed E-state index contributed by atoms with van der Waals surface area (Å²) in [5.41, 5.74) is 2.40. The molecule has 122 valence electrons. The number of carbonyl (C=O) groups excluding carboxylic acids is 1. The average Bonchev–Trinajstić information content (AvgIpc) is 2.77. The highest BCUT2D eigenvalue weighted by molar-refractivity contribution is 6.30. The van der Waals surface area contributed by atoms with Crippen LogP contribution in [0.5, 0.6) is 0 Å². The molecule has 24 heavy (non-hydrogen) atoms. The second kappa shape index (κ2) is 5.12. The van der Waals surface area contributed by atoms with Gasteiger partial charge in [-0.25, -0.2) is 0 Å². The van der Waals surface area contributed by atoms with Crippen molar-refractivity contribution in [3.63, 3.8) is 0 Å². The van der Waals surface area contributed by atoms with E-state index >= 15 is 0 Å². The number of anilines is 1. The van der Waals surface area contributed by atoms with E-state index in [-0.39, 0.29) is 23.1 Å². The lowest BCUT2D eigenvalue weighted by molar-refractivity contribution is -0.120. The maximum Gasteiger partial charge on any atom is 0.242 e. The molecule has 2 aliphatic rings. The second-order valence-electron chi connectivity index (χ2n) is 6.97. The van der Waals surface area contributed by atoms with Crippen LogP contribution in [0.2, 0.25) is 5.02 Å². The van der Waals surface area contributed by atoms with E-state index in [2.05, 4.69) is 13.8 Å². The Morgan fingerprint density at radius 1 is 1.12 bits per heavy atom. The first-order chi connectivity index (χ1) is 11.4. The normalized spacial score (nSPS) is 24.4. The monoisotopic (exact) mass is 339 g/mol. The molecule has 1 N–H and O–H groups in total. The molecular formula is C20H18ClNO2. The number of aliphatic hydroxyl groups excluding tert-OH is 1. The molecule has 2 unspecified atom stereocenters. The van der Waals surface area contributed by atoms with Crippen molar-refractivity contribution in [3.05, 3.63) is 76.5 Å². The minimum Gasteiger partial charge on any atom is -0.511 e. The van der Waals surface area contributed by atoms with Crippen molar-refractivity contribution in [1.82, 2.24) is 0 Å². The van der Waals surface area contributed by atoms with Crippen LogP contribution in [0.3, 0.4) is 0 Å². The maximum absolute atomic E-state index is 13.2. The summed E-state index contributed by atoms with van der Waals surface area (Å²) in [7, 11) is 0. The number of fused-ring (bicyclic) bond motifs is 3. The molecule has 3 nitrogen and oxygen atoms in total. The number of benzene rings is 2. The summed E-state index contributed by atoms with van der Waals surface area (Å²) in [6.45, 7) is 4.15. The number of nitrogens with zero attached hydrogens (tertiary/aromatic N) is 1. The lowest BCUT2D eigenvalue weighted by Gasteiger charge is -2.37. The second-order valence-corrected chi connectivity index (χ2v) is 7.41. The summed E-state index contributed by atoms with van der Waals surface area (Å²) in [4.78, 5) is 15.1. The van der Waals surface area contributed by atoms with Crippen molar-refractivity contribution in [2.75, 3.05) is 4.90 Å². The van der Waals surface area contributed by atoms with E-state index in [1.807, 2.05) is 59.5 Å². The molecule has 0 radical (unpaired) electrons. The van der Waals surface area contributed by atoms with Crippen molar-refractivity contribution in [2.45, 2.75) is 31.2 Å². The molecule has 0 saturated heterocycles. The van der Waals surface area contributed by atoms with Crippen LogP contribution in [0.1, 0.15) is 30.9 Å². The smallest absolute Gasteiger partial charge is 0.242 e.